The van der Waals surface area contributed by atoms with Crippen LogP contribution in [0.3, 0.4) is 0 Å². The normalized spacial score (nSPS) is 11.1. The van der Waals surface area contributed by atoms with Gasteiger partial charge in [-0.1, -0.05) is 48.5 Å². The Morgan fingerprint density at radius 3 is 2.23 bits per heavy atom. The highest BCUT2D eigenvalue weighted by Crippen LogP contribution is 2.34. The lowest BCUT2D eigenvalue weighted by Crippen LogP contribution is -1.95. The van der Waals surface area contributed by atoms with Gasteiger partial charge in [0.15, 0.2) is 11.5 Å². The summed E-state index contributed by atoms with van der Waals surface area (Å²) in [5, 5.41) is 14.6. The van der Waals surface area contributed by atoms with E-state index in [0.29, 0.717) is 17.1 Å². The molecule has 0 amide bonds. The Kier molecular flexibility index (Phi) is 5.82. The molecule has 5 nitrogen and oxygen atoms in total. The molecular weight excluding hydrogens is 386 g/mol. The van der Waals surface area contributed by atoms with E-state index in [-0.39, 0.29) is 0 Å². The Balaban J connectivity index is 1.89. The van der Waals surface area contributed by atoms with Crippen molar-refractivity contribution >= 4 is 11.6 Å². The minimum Gasteiger partial charge on any atom is -0.493 e. The van der Waals surface area contributed by atoms with Crippen LogP contribution in [-0.2, 0) is 0 Å². The SMILES string of the molecule is COc1ccc(-c2nn(-c3ccccc3)cc2C=C(C#N)c2ccccc2)cc1OC. The third-order valence-electron chi connectivity index (χ3n) is 4.93. The van der Waals surface area contributed by atoms with E-state index in [4.69, 9.17) is 14.6 Å². The predicted octanol–water partition coefficient (Wildman–Crippen LogP) is 5.62. The van der Waals surface area contributed by atoms with E-state index in [1.807, 2.05) is 95.8 Å². The van der Waals surface area contributed by atoms with Crippen molar-refractivity contribution in [2.45, 2.75) is 0 Å². The van der Waals surface area contributed by atoms with Crippen molar-refractivity contribution in [2.75, 3.05) is 14.2 Å². The maximum Gasteiger partial charge on any atom is 0.161 e. The van der Waals surface area contributed by atoms with Crippen LogP contribution in [0.4, 0.5) is 0 Å². The summed E-state index contributed by atoms with van der Waals surface area (Å²) >= 11 is 0. The zero-order valence-electron chi connectivity index (χ0n) is 17.3. The summed E-state index contributed by atoms with van der Waals surface area (Å²) in [4.78, 5) is 0. The first-order chi connectivity index (χ1) is 15.2. The van der Waals surface area contributed by atoms with Gasteiger partial charge in [0.1, 0.15) is 5.69 Å². The van der Waals surface area contributed by atoms with E-state index >= 15 is 0 Å². The largest absolute Gasteiger partial charge is 0.493 e. The first-order valence-electron chi connectivity index (χ1n) is 9.78. The highest BCUT2D eigenvalue weighted by molar-refractivity contribution is 5.92. The van der Waals surface area contributed by atoms with Gasteiger partial charge in [-0.25, -0.2) is 4.68 Å². The van der Waals surface area contributed by atoms with E-state index in [9.17, 15) is 5.26 Å². The number of nitriles is 1. The molecule has 0 spiro atoms. The summed E-state index contributed by atoms with van der Waals surface area (Å²) < 4.78 is 12.7. The number of hydrogen-bond donors (Lipinski definition) is 0. The summed E-state index contributed by atoms with van der Waals surface area (Å²) in [7, 11) is 3.21. The minimum absolute atomic E-state index is 0.565. The lowest BCUT2D eigenvalue weighted by molar-refractivity contribution is 0.355. The number of nitrogens with zero attached hydrogens (tertiary/aromatic N) is 3. The molecule has 5 heteroatoms. The Morgan fingerprint density at radius 2 is 1.58 bits per heavy atom. The molecule has 0 aliphatic heterocycles. The maximum absolute atomic E-state index is 9.79. The van der Waals surface area contributed by atoms with Crippen LogP contribution in [0, 0.1) is 11.3 Å². The van der Waals surface area contributed by atoms with Crippen molar-refractivity contribution < 1.29 is 9.47 Å². The number of para-hydroxylation sites is 1. The van der Waals surface area contributed by atoms with Gasteiger partial charge in [-0.05, 0) is 42.0 Å². The average Bonchev–Trinajstić information content (AvgIpc) is 3.27. The fourth-order valence-electron chi connectivity index (χ4n) is 3.37. The molecule has 31 heavy (non-hydrogen) atoms. The molecule has 0 unspecified atom stereocenters. The van der Waals surface area contributed by atoms with E-state index in [2.05, 4.69) is 6.07 Å². The molecule has 0 saturated carbocycles. The standard InChI is InChI=1S/C26H21N3O2/c1-30-24-14-13-20(16-25(24)31-2)26-22(15-21(17-27)19-9-5-3-6-10-19)18-29(28-26)23-11-7-4-8-12-23/h3-16,18H,1-2H3. The number of benzene rings is 3. The Morgan fingerprint density at radius 1 is 0.903 bits per heavy atom. The lowest BCUT2D eigenvalue weighted by Gasteiger charge is -2.09. The van der Waals surface area contributed by atoms with Gasteiger partial charge in [0, 0.05) is 17.3 Å². The fraction of sp³-hybridized carbons (Fsp3) is 0.0769. The van der Waals surface area contributed by atoms with Crippen molar-refractivity contribution in [2.24, 2.45) is 0 Å². The highest BCUT2D eigenvalue weighted by Gasteiger charge is 2.15. The lowest BCUT2D eigenvalue weighted by atomic mass is 10.0. The van der Waals surface area contributed by atoms with Crippen LogP contribution in [0.5, 0.6) is 11.5 Å². The third kappa shape index (κ3) is 4.19. The minimum atomic E-state index is 0.565. The predicted molar refractivity (Wildman–Crippen MR) is 122 cm³/mol. The van der Waals surface area contributed by atoms with Crippen molar-refractivity contribution in [1.29, 1.82) is 5.26 Å². The number of rotatable bonds is 6. The van der Waals surface area contributed by atoms with Gasteiger partial charge in [0.05, 0.1) is 31.5 Å². The summed E-state index contributed by atoms with van der Waals surface area (Å²) in [6, 6.07) is 27.5. The molecule has 1 heterocycles. The van der Waals surface area contributed by atoms with Gasteiger partial charge in [-0.15, -0.1) is 0 Å². The van der Waals surface area contributed by atoms with E-state index < -0.39 is 0 Å². The number of allylic oxidation sites excluding steroid dienone is 1. The second kappa shape index (κ2) is 9.02. The molecule has 0 radical (unpaired) electrons. The third-order valence-corrected chi connectivity index (χ3v) is 4.93. The van der Waals surface area contributed by atoms with Crippen molar-refractivity contribution in [1.82, 2.24) is 9.78 Å². The van der Waals surface area contributed by atoms with E-state index in [1.54, 1.807) is 14.2 Å². The van der Waals surface area contributed by atoms with Crippen molar-refractivity contribution in [3.05, 3.63) is 96.2 Å². The molecule has 0 fully saturated rings. The Labute approximate surface area is 181 Å². The molecule has 0 aliphatic rings. The second-order valence-corrected chi connectivity index (χ2v) is 6.82. The van der Waals surface area contributed by atoms with Gasteiger partial charge in [0.25, 0.3) is 0 Å². The zero-order chi connectivity index (χ0) is 21.6. The zero-order valence-corrected chi connectivity index (χ0v) is 17.3. The average molecular weight is 407 g/mol. The topological polar surface area (TPSA) is 60.1 Å². The highest BCUT2D eigenvalue weighted by atomic mass is 16.5. The number of hydrogen-bond acceptors (Lipinski definition) is 4. The van der Waals surface area contributed by atoms with Crippen molar-refractivity contribution in [3.8, 4) is 34.5 Å². The molecule has 4 rings (SSSR count). The van der Waals surface area contributed by atoms with Crippen LogP contribution in [0.25, 0.3) is 28.6 Å². The summed E-state index contributed by atoms with van der Waals surface area (Å²) in [5.74, 6) is 1.26. The first-order valence-corrected chi connectivity index (χ1v) is 9.78. The van der Waals surface area contributed by atoms with Crippen LogP contribution in [0.2, 0.25) is 0 Å². The first kappa shape index (κ1) is 20.0. The smallest absolute Gasteiger partial charge is 0.161 e. The van der Waals surface area contributed by atoms with Gasteiger partial charge < -0.3 is 9.47 Å². The van der Waals surface area contributed by atoms with Gasteiger partial charge in [-0.2, -0.15) is 10.4 Å². The quantitative estimate of drug-likeness (QED) is 0.389. The maximum atomic E-state index is 9.79. The molecule has 4 aromatic rings. The van der Waals surface area contributed by atoms with Crippen LogP contribution < -0.4 is 9.47 Å². The Hall–Kier alpha value is -4.30. The number of methoxy groups -OCH3 is 2. The molecule has 0 atom stereocenters. The molecular formula is C26H21N3O2. The number of ether oxygens (including phenoxy) is 2. The van der Waals surface area contributed by atoms with Crippen LogP contribution in [-0.4, -0.2) is 24.0 Å². The van der Waals surface area contributed by atoms with Crippen LogP contribution in [0.1, 0.15) is 11.1 Å². The fourth-order valence-corrected chi connectivity index (χ4v) is 3.37. The molecule has 0 N–H and O–H groups in total. The van der Waals surface area contributed by atoms with Gasteiger partial charge >= 0.3 is 0 Å². The Bertz CT molecular complexity index is 1250. The van der Waals surface area contributed by atoms with Crippen LogP contribution >= 0.6 is 0 Å². The van der Waals surface area contributed by atoms with Gasteiger partial charge in [0.2, 0.25) is 0 Å². The molecule has 1 aromatic heterocycles. The van der Waals surface area contributed by atoms with Crippen molar-refractivity contribution in [3.63, 3.8) is 0 Å². The summed E-state index contributed by atoms with van der Waals surface area (Å²) in [6.45, 7) is 0. The monoisotopic (exact) mass is 407 g/mol. The van der Waals surface area contributed by atoms with E-state index in [0.717, 1.165) is 28.1 Å². The molecule has 152 valence electrons. The van der Waals surface area contributed by atoms with E-state index in [1.165, 1.54) is 0 Å². The second-order valence-electron chi connectivity index (χ2n) is 6.82. The molecule has 0 aliphatic carbocycles. The molecule has 3 aromatic carbocycles. The van der Waals surface area contributed by atoms with Gasteiger partial charge in [-0.3, -0.25) is 0 Å². The summed E-state index contributed by atoms with van der Waals surface area (Å²) in [5.41, 5.74) is 4.79. The molecule has 0 bridgehead atoms. The summed E-state index contributed by atoms with van der Waals surface area (Å²) in [6.07, 6.45) is 3.80. The van der Waals surface area contributed by atoms with Crippen LogP contribution in [0.15, 0.2) is 85.1 Å². The number of aromatic nitrogens is 2. The molecule has 0 saturated heterocycles.